The number of para-hydroxylation sites is 1. The van der Waals surface area contributed by atoms with E-state index in [0.717, 1.165) is 0 Å². The minimum absolute atomic E-state index is 0.132. The van der Waals surface area contributed by atoms with Crippen LogP contribution in [0.2, 0.25) is 0 Å². The van der Waals surface area contributed by atoms with E-state index in [9.17, 15) is 4.79 Å². The molecule has 1 aromatic heterocycles. The summed E-state index contributed by atoms with van der Waals surface area (Å²) in [5.41, 5.74) is 0.533. The van der Waals surface area contributed by atoms with Crippen LogP contribution in [0.4, 0.5) is 0 Å². The fourth-order valence-electron chi connectivity index (χ4n) is 1.54. The Balaban J connectivity index is 2.46. The molecule has 1 heterocycles. The second-order valence-corrected chi connectivity index (χ2v) is 3.35. The first-order chi connectivity index (χ1) is 7.74. The highest BCUT2D eigenvalue weighted by Crippen LogP contribution is 2.18. The number of rotatable bonds is 2. The van der Waals surface area contributed by atoms with Gasteiger partial charge in [0.15, 0.2) is 0 Å². The van der Waals surface area contributed by atoms with E-state index < -0.39 is 0 Å². The number of carbonyl (C=O) groups is 1. The van der Waals surface area contributed by atoms with Crippen LogP contribution in [0.15, 0.2) is 36.7 Å². The average Bonchev–Trinajstić information content (AvgIpc) is 2.74. The summed E-state index contributed by atoms with van der Waals surface area (Å²) in [5, 5.41) is 0. The molecule has 16 heavy (non-hydrogen) atoms. The highest BCUT2D eigenvalue weighted by atomic mass is 16.5. The van der Waals surface area contributed by atoms with E-state index in [4.69, 9.17) is 4.74 Å². The maximum atomic E-state index is 12.2. The van der Waals surface area contributed by atoms with Crippen LogP contribution in [-0.4, -0.2) is 22.6 Å². The van der Waals surface area contributed by atoms with Gasteiger partial charge in [0, 0.05) is 12.4 Å². The Bertz CT molecular complexity index is 517. The van der Waals surface area contributed by atoms with Gasteiger partial charge in [-0.3, -0.25) is 9.36 Å². The van der Waals surface area contributed by atoms with Crippen molar-refractivity contribution in [1.29, 1.82) is 0 Å². The van der Waals surface area contributed by atoms with Gasteiger partial charge >= 0.3 is 0 Å². The SMILES string of the molecule is COc1ccccc1C(=O)n1ccnc1C. The largest absolute Gasteiger partial charge is 0.496 e. The molecule has 0 N–H and O–H groups in total. The number of imidazole rings is 1. The van der Waals surface area contributed by atoms with Crippen molar-refractivity contribution < 1.29 is 9.53 Å². The lowest BCUT2D eigenvalue weighted by Gasteiger charge is -2.08. The standard InChI is InChI=1S/C12H12N2O2/c1-9-13-7-8-14(9)12(15)10-5-3-4-6-11(10)16-2/h3-8H,1-2H3. The second kappa shape index (κ2) is 4.18. The average molecular weight is 216 g/mol. The van der Waals surface area contributed by atoms with Crippen LogP contribution in [0, 0.1) is 6.92 Å². The van der Waals surface area contributed by atoms with Crippen molar-refractivity contribution in [1.82, 2.24) is 9.55 Å². The van der Waals surface area contributed by atoms with Gasteiger partial charge < -0.3 is 4.74 Å². The zero-order valence-corrected chi connectivity index (χ0v) is 9.18. The van der Waals surface area contributed by atoms with Crippen molar-refractivity contribution in [2.24, 2.45) is 0 Å². The summed E-state index contributed by atoms with van der Waals surface area (Å²) in [7, 11) is 1.55. The summed E-state index contributed by atoms with van der Waals surface area (Å²) in [4.78, 5) is 16.2. The summed E-state index contributed by atoms with van der Waals surface area (Å²) in [6, 6.07) is 7.14. The van der Waals surface area contributed by atoms with Gasteiger partial charge in [-0.15, -0.1) is 0 Å². The third kappa shape index (κ3) is 1.69. The van der Waals surface area contributed by atoms with Crippen molar-refractivity contribution in [2.45, 2.75) is 6.92 Å². The van der Waals surface area contributed by atoms with Crippen LogP contribution in [0.5, 0.6) is 5.75 Å². The number of benzene rings is 1. The predicted molar refractivity (Wildman–Crippen MR) is 59.7 cm³/mol. The van der Waals surface area contributed by atoms with Crippen LogP contribution in [0.3, 0.4) is 0 Å². The van der Waals surface area contributed by atoms with Crippen LogP contribution >= 0.6 is 0 Å². The molecular formula is C12H12N2O2. The van der Waals surface area contributed by atoms with Gasteiger partial charge in [-0.2, -0.15) is 0 Å². The number of aryl methyl sites for hydroxylation is 1. The second-order valence-electron chi connectivity index (χ2n) is 3.35. The van der Waals surface area contributed by atoms with Gasteiger partial charge in [-0.1, -0.05) is 12.1 Å². The lowest BCUT2D eigenvalue weighted by molar-refractivity contribution is 0.0954. The first-order valence-corrected chi connectivity index (χ1v) is 4.91. The predicted octanol–water partition coefficient (Wildman–Crippen LogP) is 1.89. The lowest BCUT2D eigenvalue weighted by atomic mass is 10.2. The first kappa shape index (κ1) is 10.4. The fourth-order valence-corrected chi connectivity index (χ4v) is 1.54. The molecule has 0 fully saturated rings. The fraction of sp³-hybridized carbons (Fsp3) is 0.167. The molecule has 1 aromatic carbocycles. The molecule has 0 saturated carbocycles. The van der Waals surface area contributed by atoms with Crippen molar-refractivity contribution in [3.63, 3.8) is 0 Å². The zero-order chi connectivity index (χ0) is 11.5. The molecule has 0 aliphatic rings. The minimum Gasteiger partial charge on any atom is -0.496 e. The normalized spacial score (nSPS) is 10.1. The minimum atomic E-state index is -0.132. The van der Waals surface area contributed by atoms with E-state index in [-0.39, 0.29) is 5.91 Å². The number of carbonyl (C=O) groups excluding carboxylic acids is 1. The number of methoxy groups -OCH3 is 1. The summed E-state index contributed by atoms with van der Waals surface area (Å²) >= 11 is 0. The lowest BCUT2D eigenvalue weighted by Crippen LogP contribution is -2.13. The van der Waals surface area contributed by atoms with E-state index in [1.807, 2.05) is 12.1 Å². The Morgan fingerprint density at radius 2 is 2.12 bits per heavy atom. The van der Waals surface area contributed by atoms with Crippen molar-refractivity contribution in [3.05, 3.63) is 48.0 Å². The molecule has 0 aliphatic heterocycles. The summed E-state index contributed by atoms with van der Waals surface area (Å²) in [5.74, 6) is 1.10. The van der Waals surface area contributed by atoms with E-state index >= 15 is 0 Å². The third-order valence-corrected chi connectivity index (χ3v) is 2.38. The molecule has 0 saturated heterocycles. The van der Waals surface area contributed by atoms with Gasteiger partial charge in [0.1, 0.15) is 11.6 Å². The Kier molecular flexibility index (Phi) is 2.72. The molecule has 0 radical (unpaired) electrons. The van der Waals surface area contributed by atoms with Gasteiger partial charge in [0.05, 0.1) is 12.7 Å². The molecule has 0 spiro atoms. The number of nitrogens with zero attached hydrogens (tertiary/aromatic N) is 2. The molecule has 2 aromatic rings. The Morgan fingerprint density at radius 3 is 2.75 bits per heavy atom. The van der Waals surface area contributed by atoms with Crippen LogP contribution in [0.1, 0.15) is 16.2 Å². The molecule has 0 unspecified atom stereocenters. The Hall–Kier alpha value is -2.10. The molecule has 0 bridgehead atoms. The van der Waals surface area contributed by atoms with Gasteiger partial charge in [0.2, 0.25) is 0 Å². The van der Waals surface area contributed by atoms with Gasteiger partial charge in [-0.05, 0) is 19.1 Å². The Labute approximate surface area is 93.5 Å². The molecule has 0 aliphatic carbocycles. The van der Waals surface area contributed by atoms with Gasteiger partial charge in [0.25, 0.3) is 5.91 Å². The van der Waals surface area contributed by atoms with Gasteiger partial charge in [-0.25, -0.2) is 4.98 Å². The molecule has 4 nitrogen and oxygen atoms in total. The van der Waals surface area contributed by atoms with E-state index in [0.29, 0.717) is 17.1 Å². The zero-order valence-electron chi connectivity index (χ0n) is 9.18. The maximum absolute atomic E-state index is 12.2. The third-order valence-electron chi connectivity index (χ3n) is 2.38. The smallest absolute Gasteiger partial charge is 0.267 e. The molecule has 0 amide bonds. The maximum Gasteiger partial charge on any atom is 0.267 e. The quantitative estimate of drug-likeness (QED) is 0.770. The molecular weight excluding hydrogens is 204 g/mol. The number of hydrogen-bond acceptors (Lipinski definition) is 3. The van der Waals surface area contributed by atoms with Crippen molar-refractivity contribution in [2.75, 3.05) is 7.11 Å². The highest BCUT2D eigenvalue weighted by Gasteiger charge is 2.14. The van der Waals surface area contributed by atoms with E-state index in [1.54, 1.807) is 38.6 Å². The van der Waals surface area contributed by atoms with Crippen molar-refractivity contribution >= 4 is 5.91 Å². The topological polar surface area (TPSA) is 44.1 Å². The number of ether oxygens (including phenoxy) is 1. The monoisotopic (exact) mass is 216 g/mol. The molecule has 0 atom stereocenters. The summed E-state index contributed by atoms with van der Waals surface area (Å²) in [6.07, 6.45) is 3.24. The highest BCUT2D eigenvalue weighted by molar-refractivity contribution is 5.98. The summed E-state index contributed by atoms with van der Waals surface area (Å²) < 4.78 is 6.65. The number of aromatic nitrogens is 2. The van der Waals surface area contributed by atoms with Crippen LogP contribution in [-0.2, 0) is 0 Å². The molecule has 82 valence electrons. The van der Waals surface area contributed by atoms with Crippen molar-refractivity contribution in [3.8, 4) is 5.75 Å². The van der Waals surface area contributed by atoms with Crippen LogP contribution in [0.25, 0.3) is 0 Å². The van der Waals surface area contributed by atoms with Crippen LogP contribution < -0.4 is 4.74 Å². The molecule has 4 heteroatoms. The molecule has 2 rings (SSSR count). The van der Waals surface area contributed by atoms with E-state index in [2.05, 4.69) is 4.98 Å². The van der Waals surface area contributed by atoms with E-state index in [1.165, 1.54) is 4.57 Å². The number of hydrogen-bond donors (Lipinski definition) is 0. The first-order valence-electron chi connectivity index (χ1n) is 4.91. The summed E-state index contributed by atoms with van der Waals surface area (Å²) in [6.45, 7) is 1.79. The Morgan fingerprint density at radius 1 is 1.38 bits per heavy atom.